The Morgan fingerprint density at radius 2 is 1.23 bits per heavy atom. The summed E-state index contributed by atoms with van der Waals surface area (Å²) in [4.78, 5) is 108. The number of hydrogen-bond acceptors (Lipinski definition) is 8. The van der Waals surface area contributed by atoms with Gasteiger partial charge in [0.2, 0.25) is 35.4 Å². The third kappa shape index (κ3) is 7.79. The van der Waals surface area contributed by atoms with E-state index in [-0.39, 0.29) is 36.9 Å². The number of carbonyl (C=O) groups is 8. The van der Waals surface area contributed by atoms with Crippen LogP contribution in [0.2, 0.25) is 0 Å². The monoisotopic (exact) mass is 673 g/mol. The number of likely N-dealkylation sites (tertiary alicyclic amines) is 4. The van der Waals surface area contributed by atoms with E-state index in [0.717, 1.165) is 38.5 Å². The van der Waals surface area contributed by atoms with Crippen LogP contribution in [0.1, 0.15) is 71.1 Å². The molecule has 0 unspecified atom stereocenters. The third-order valence-corrected chi connectivity index (χ3v) is 10.4. The summed E-state index contributed by atoms with van der Waals surface area (Å²) >= 11 is 0. The third-order valence-electron chi connectivity index (χ3n) is 10.4. The molecule has 5 heterocycles. The molecule has 5 fully saturated rings. The van der Waals surface area contributed by atoms with E-state index in [4.69, 9.17) is 0 Å². The molecule has 5 N–H and O–H groups in total. The minimum absolute atomic E-state index is 0.0306. The molecule has 16 nitrogen and oxygen atoms in total. The van der Waals surface area contributed by atoms with E-state index in [1.807, 2.05) is 5.32 Å². The molecule has 0 aromatic rings. The van der Waals surface area contributed by atoms with E-state index >= 15 is 0 Å². The van der Waals surface area contributed by atoms with Gasteiger partial charge in [-0.25, -0.2) is 0 Å². The van der Waals surface area contributed by atoms with Crippen LogP contribution in [0, 0.1) is 0 Å². The average molecular weight is 674 g/mol. The summed E-state index contributed by atoms with van der Waals surface area (Å²) in [5.74, 6) is -2.60. The van der Waals surface area contributed by atoms with Gasteiger partial charge in [0.1, 0.15) is 30.5 Å². The zero-order valence-electron chi connectivity index (χ0n) is 27.7. The molecule has 16 heteroatoms. The molecule has 0 aromatic heterocycles. The standard InChI is InChI=1S/C32H48N8O8/c1-20(28(44)34-17-27(43)39-15-6-11-25(39)32(48)37-13-3-7-21(37)19-41)36-30(46)24-10-4-14-38(24)26(42)18-35-29(45)23-9-5-16-40(23)31(47)22-8-2-12-33-22/h19-25,33H,2-18H2,1H3,(H,34,44)(H,35,45)(H,36,46)/p+1/t20-,21-,22-,23-,24-,25-/m0/s1. The molecule has 5 aliphatic heterocycles. The first kappa shape index (κ1) is 35.2. The molecule has 5 rings (SSSR count). The Balaban J connectivity index is 1.06. The number of aldehydes is 1. The minimum atomic E-state index is -1.00. The lowest BCUT2D eigenvalue weighted by Crippen LogP contribution is -2.89. The maximum atomic E-state index is 13.1. The van der Waals surface area contributed by atoms with Crippen LogP contribution in [-0.2, 0) is 38.4 Å². The zero-order chi connectivity index (χ0) is 34.4. The van der Waals surface area contributed by atoms with Crippen LogP contribution in [0.25, 0.3) is 0 Å². The molecule has 0 radical (unpaired) electrons. The van der Waals surface area contributed by atoms with Crippen molar-refractivity contribution >= 4 is 47.6 Å². The van der Waals surface area contributed by atoms with Gasteiger partial charge in [0, 0.05) is 39.0 Å². The van der Waals surface area contributed by atoms with Gasteiger partial charge in [-0.3, -0.25) is 33.6 Å². The first-order chi connectivity index (χ1) is 23.1. The van der Waals surface area contributed by atoms with Gasteiger partial charge in [-0.1, -0.05) is 0 Å². The van der Waals surface area contributed by atoms with E-state index in [0.29, 0.717) is 64.7 Å². The van der Waals surface area contributed by atoms with Gasteiger partial charge in [0.15, 0.2) is 6.04 Å². The normalized spacial score (nSPS) is 27.6. The van der Waals surface area contributed by atoms with Crippen LogP contribution in [-0.4, -0.2) is 149 Å². The Hall–Kier alpha value is -4.08. The molecule has 6 atom stereocenters. The molecular weight excluding hydrogens is 624 g/mol. The number of quaternary nitrogens is 1. The highest BCUT2D eigenvalue weighted by Gasteiger charge is 2.42. The average Bonchev–Trinajstić information content (AvgIpc) is 3.93. The number of carbonyl (C=O) groups excluding carboxylic acids is 8. The van der Waals surface area contributed by atoms with Crippen molar-refractivity contribution in [3.8, 4) is 0 Å². The number of nitrogens with zero attached hydrogens (tertiary/aromatic N) is 4. The van der Waals surface area contributed by atoms with Crippen LogP contribution < -0.4 is 21.3 Å². The molecule has 0 spiro atoms. The number of nitrogens with two attached hydrogens (primary N) is 1. The summed E-state index contributed by atoms with van der Waals surface area (Å²) in [5.41, 5.74) is 0. The summed E-state index contributed by atoms with van der Waals surface area (Å²) in [6.45, 7) is 3.42. The van der Waals surface area contributed by atoms with Crippen molar-refractivity contribution in [3.63, 3.8) is 0 Å². The Morgan fingerprint density at radius 3 is 1.88 bits per heavy atom. The second-order valence-corrected chi connectivity index (χ2v) is 13.5. The highest BCUT2D eigenvalue weighted by molar-refractivity contribution is 5.96. The second kappa shape index (κ2) is 15.9. The van der Waals surface area contributed by atoms with Gasteiger partial charge in [0.05, 0.1) is 25.7 Å². The van der Waals surface area contributed by atoms with Gasteiger partial charge < -0.3 is 45.7 Å². The molecule has 264 valence electrons. The first-order valence-corrected chi connectivity index (χ1v) is 17.4. The molecule has 0 aliphatic carbocycles. The van der Waals surface area contributed by atoms with Crippen molar-refractivity contribution in [3.05, 3.63) is 0 Å². The van der Waals surface area contributed by atoms with E-state index in [9.17, 15) is 38.4 Å². The van der Waals surface area contributed by atoms with Gasteiger partial charge in [-0.2, -0.15) is 0 Å². The first-order valence-electron chi connectivity index (χ1n) is 17.4. The lowest BCUT2D eigenvalue weighted by molar-refractivity contribution is -0.658. The zero-order valence-corrected chi connectivity index (χ0v) is 27.7. The van der Waals surface area contributed by atoms with Gasteiger partial charge in [-0.15, -0.1) is 0 Å². The number of rotatable bonds is 11. The summed E-state index contributed by atoms with van der Waals surface area (Å²) in [6.07, 6.45) is 7.25. The van der Waals surface area contributed by atoms with Gasteiger partial charge in [-0.05, 0) is 58.3 Å². The Kier molecular flexibility index (Phi) is 11.7. The van der Waals surface area contributed by atoms with Gasteiger partial charge >= 0.3 is 0 Å². The maximum absolute atomic E-state index is 13.1. The topological polar surface area (TPSA) is 202 Å². The number of hydrogen-bond donors (Lipinski definition) is 4. The summed E-state index contributed by atoms with van der Waals surface area (Å²) in [6, 6.07) is -3.72. The molecule has 48 heavy (non-hydrogen) atoms. The van der Waals surface area contributed by atoms with E-state index in [1.54, 1.807) is 4.90 Å². The quantitative estimate of drug-likeness (QED) is 0.163. The Bertz CT molecular complexity index is 1290. The minimum Gasteiger partial charge on any atom is -0.345 e. The Labute approximate surface area is 280 Å². The summed E-state index contributed by atoms with van der Waals surface area (Å²) in [7, 11) is 0. The maximum Gasteiger partial charge on any atom is 0.281 e. The highest BCUT2D eigenvalue weighted by Crippen LogP contribution is 2.24. The Morgan fingerprint density at radius 1 is 0.667 bits per heavy atom. The highest BCUT2D eigenvalue weighted by atomic mass is 16.2. The summed E-state index contributed by atoms with van der Waals surface area (Å²) in [5, 5.41) is 9.86. The molecular formula is C32H49N8O8+. The van der Waals surface area contributed by atoms with Crippen molar-refractivity contribution in [2.24, 2.45) is 0 Å². The SMILES string of the molecule is C[C@H](NC(=O)[C@@H]1CCCN1C(=O)CNC(=O)[C@@H]1CCCN1C(=O)[C@@H]1CCC[NH2+]1)C(=O)NCC(=O)N1CCC[C@H]1C(=O)N1CCC[C@H]1C=O. The van der Waals surface area contributed by atoms with Crippen LogP contribution in [0.15, 0.2) is 0 Å². The molecule has 7 amide bonds. The van der Waals surface area contributed by atoms with Crippen molar-refractivity contribution in [1.82, 2.24) is 35.6 Å². The molecule has 5 saturated heterocycles. The summed E-state index contributed by atoms with van der Waals surface area (Å²) < 4.78 is 0. The van der Waals surface area contributed by atoms with Crippen LogP contribution in [0.5, 0.6) is 0 Å². The fraction of sp³-hybridized carbons (Fsp3) is 0.750. The molecule has 0 bridgehead atoms. The lowest BCUT2D eigenvalue weighted by atomic mass is 10.1. The van der Waals surface area contributed by atoms with Gasteiger partial charge in [0.25, 0.3) is 5.91 Å². The van der Waals surface area contributed by atoms with Crippen molar-refractivity contribution in [1.29, 1.82) is 0 Å². The molecule has 0 aromatic carbocycles. The van der Waals surface area contributed by atoms with E-state index in [2.05, 4.69) is 16.0 Å². The molecule has 5 aliphatic rings. The van der Waals surface area contributed by atoms with E-state index in [1.165, 1.54) is 21.6 Å². The van der Waals surface area contributed by atoms with Crippen LogP contribution >= 0.6 is 0 Å². The van der Waals surface area contributed by atoms with E-state index < -0.39 is 53.8 Å². The fourth-order valence-corrected chi connectivity index (χ4v) is 7.75. The number of nitrogens with one attached hydrogen (secondary N) is 3. The number of amides is 7. The van der Waals surface area contributed by atoms with Crippen molar-refractivity contribution < 1.29 is 43.7 Å². The van der Waals surface area contributed by atoms with Crippen LogP contribution in [0.3, 0.4) is 0 Å². The predicted octanol–water partition coefficient (Wildman–Crippen LogP) is -3.39. The second-order valence-electron chi connectivity index (χ2n) is 13.5. The van der Waals surface area contributed by atoms with Crippen LogP contribution in [0.4, 0.5) is 0 Å². The molecule has 0 saturated carbocycles. The fourth-order valence-electron chi connectivity index (χ4n) is 7.75. The largest absolute Gasteiger partial charge is 0.345 e. The van der Waals surface area contributed by atoms with Crippen molar-refractivity contribution in [2.75, 3.05) is 45.8 Å². The smallest absolute Gasteiger partial charge is 0.281 e. The predicted molar refractivity (Wildman–Crippen MR) is 168 cm³/mol. The van der Waals surface area contributed by atoms with Crippen molar-refractivity contribution in [2.45, 2.75) is 107 Å². The lowest BCUT2D eigenvalue weighted by Gasteiger charge is -2.30.